The van der Waals surface area contributed by atoms with E-state index < -0.39 is 16.6 Å². The maximum absolute atomic E-state index is 13.8. The van der Waals surface area contributed by atoms with E-state index >= 15 is 0 Å². The fraction of sp³-hybridized carbons (Fsp3) is 0.667. The number of ketones is 1. The lowest BCUT2D eigenvalue weighted by Crippen LogP contribution is -2.46. The molecule has 0 radical (unpaired) electrons. The molecule has 1 saturated carbocycles. The van der Waals surface area contributed by atoms with Gasteiger partial charge in [-0.2, -0.15) is 0 Å². The number of rotatable bonds is 16. The quantitative estimate of drug-likeness (QED) is 0.134. The number of carbonyl (C=O) groups is 1. The second-order valence-electron chi connectivity index (χ2n) is 16.6. The summed E-state index contributed by atoms with van der Waals surface area (Å²) in [5.41, 5.74) is 2.31. The van der Waals surface area contributed by atoms with Crippen LogP contribution in [0.2, 0.25) is 36.3 Å². The van der Waals surface area contributed by atoms with Crippen LogP contribution in [0.4, 0.5) is 0 Å². The number of benzene rings is 2. The van der Waals surface area contributed by atoms with E-state index in [-0.39, 0.29) is 34.1 Å². The summed E-state index contributed by atoms with van der Waals surface area (Å²) in [7, 11) is -3.98. The summed E-state index contributed by atoms with van der Waals surface area (Å²) < 4.78 is 20.3. The lowest BCUT2D eigenvalue weighted by atomic mass is 9.84. The molecule has 1 aliphatic rings. The molecular formula is C39H64O4Si2. The minimum atomic E-state index is -2.06. The Morgan fingerprint density at radius 3 is 2.09 bits per heavy atom. The van der Waals surface area contributed by atoms with E-state index in [4.69, 9.17) is 13.6 Å². The lowest BCUT2D eigenvalue weighted by Gasteiger charge is -2.41. The third-order valence-electron chi connectivity index (χ3n) is 10.9. The van der Waals surface area contributed by atoms with E-state index in [0.29, 0.717) is 18.8 Å². The number of carbonyl (C=O) groups excluding carboxylic acids is 1. The van der Waals surface area contributed by atoms with Gasteiger partial charge in [-0.25, -0.2) is 0 Å². The van der Waals surface area contributed by atoms with Crippen LogP contribution in [0.15, 0.2) is 54.6 Å². The zero-order valence-corrected chi connectivity index (χ0v) is 32.5. The van der Waals surface area contributed by atoms with Gasteiger partial charge in [-0.3, -0.25) is 4.79 Å². The molecule has 1 fully saturated rings. The second kappa shape index (κ2) is 15.9. The molecule has 3 rings (SSSR count). The van der Waals surface area contributed by atoms with Crippen LogP contribution in [0.5, 0.6) is 5.75 Å². The Labute approximate surface area is 278 Å². The molecule has 0 spiro atoms. The average Bonchev–Trinajstić information content (AvgIpc) is 3.22. The summed E-state index contributed by atoms with van der Waals surface area (Å²) in [6.45, 7) is 26.1. The van der Waals surface area contributed by atoms with Gasteiger partial charge in [0.05, 0.1) is 6.10 Å². The van der Waals surface area contributed by atoms with Crippen molar-refractivity contribution in [1.29, 1.82) is 0 Å². The minimum Gasteiger partial charge on any atom is -0.489 e. The summed E-state index contributed by atoms with van der Waals surface area (Å²) in [5, 5.41) is 0.265. The Morgan fingerprint density at radius 1 is 0.822 bits per heavy atom. The molecular weight excluding hydrogens is 589 g/mol. The third-order valence-corrected chi connectivity index (χ3v) is 19.9. The maximum Gasteiger partial charge on any atom is 0.192 e. The fourth-order valence-corrected chi connectivity index (χ4v) is 8.74. The summed E-state index contributed by atoms with van der Waals surface area (Å²) in [4.78, 5) is 13.8. The van der Waals surface area contributed by atoms with Crippen molar-refractivity contribution in [3.05, 3.63) is 65.7 Å². The molecule has 0 amide bonds. The highest BCUT2D eigenvalue weighted by molar-refractivity contribution is 6.74. The van der Waals surface area contributed by atoms with Crippen LogP contribution in [0.3, 0.4) is 0 Å². The summed E-state index contributed by atoms with van der Waals surface area (Å²) >= 11 is 0. The SMILES string of the molecule is CCCCCC(CC[C@H]1[C@H](O[Si](C)(C)C(C)(C)C)CC(=O)[C@@H]1Cc1cccc(OCc2ccccc2)c1)O[Si](C)(C)C(C)(C)C. The highest BCUT2D eigenvalue weighted by Gasteiger charge is 2.48. The monoisotopic (exact) mass is 652 g/mol. The van der Waals surface area contributed by atoms with Crippen LogP contribution in [0.25, 0.3) is 0 Å². The summed E-state index contributed by atoms with van der Waals surface area (Å²) in [6.07, 6.45) is 8.16. The van der Waals surface area contributed by atoms with Crippen LogP contribution in [0, 0.1) is 11.8 Å². The molecule has 1 aliphatic carbocycles. The van der Waals surface area contributed by atoms with Crippen LogP contribution in [-0.4, -0.2) is 34.6 Å². The minimum absolute atomic E-state index is 0.0231. The van der Waals surface area contributed by atoms with Crippen LogP contribution >= 0.6 is 0 Å². The van der Waals surface area contributed by atoms with Gasteiger partial charge in [0.2, 0.25) is 0 Å². The average molecular weight is 653 g/mol. The molecule has 4 atom stereocenters. The first-order valence-corrected chi connectivity index (χ1v) is 23.4. The number of hydrogen-bond donors (Lipinski definition) is 0. The Kier molecular flexibility index (Phi) is 13.3. The molecule has 2 aromatic rings. The Hall–Kier alpha value is -1.74. The molecule has 252 valence electrons. The van der Waals surface area contributed by atoms with Crippen molar-refractivity contribution in [3.63, 3.8) is 0 Å². The zero-order chi connectivity index (χ0) is 33.5. The predicted molar refractivity (Wildman–Crippen MR) is 195 cm³/mol. The van der Waals surface area contributed by atoms with Crippen LogP contribution < -0.4 is 4.74 Å². The smallest absolute Gasteiger partial charge is 0.192 e. The molecule has 0 aromatic heterocycles. The largest absolute Gasteiger partial charge is 0.489 e. The topological polar surface area (TPSA) is 44.8 Å². The Morgan fingerprint density at radius 2 is 1.47 bits per heavy atom. The second-order valence-corrected chi connectivity index (χ2v) is 26.1. The molecule has 0 heterocycles. The predicted octanol–water partition coefficient (Wildman–Crippen LogP) is 11.2. The van der Waals surface area contributed by atoms with E-state index in [9.17, 15) is 4.79 Å². The van der Waals surface area contributed by atoms with Crippen LogP contribution in [-0.2, 0) is 26.7 Å². The zero-order valence-electron chi connectivity index (χ0n) is 30.5. The molecule has 0 aliphatic heterocycles. The number of unbranched alkanes of at least 4 members (excludes halogenated alkanes) is 2. The highest BCUT2D eigenvalue weighted by atomic mass is 28.4. The summed E-state index contributed by atoms with van der Waals surface area (Å²) in [6, 6.07) is 18.6. The molecule has 45 heavy (non-hydrogen) atoms. The molecule has 4 nitrogen and oxygen atoms in total. The first kappa shape index (κ1) is 37.7. The summed E-state index contributed by atoms with van der Waals surface area (Å²) in [5.74, 6) is 1.35. The van der Waals surface area contributed by atoms with Crippen molar-refractivity contribution < 1.29 is 18.4 Å². The van der Waals surface area contributed by atoms with Gasteiger partial charge in [-0.1, -0.05) is 110 Å². The molecule has 0 saturated heterocycles. The number of hydrogen-bond acceptors (Lipinski definition) is 4. The standard InChI is InChI=1S/C39H64O4Si2/c1-12-13-15-22-32(42-44(8,9)38(2,3)4)24-25-34-35(36(40)28-37(34)43-45(10,11)39(5,6)7)27-31-21-18-23-33(26-31)41-29-30-19-16-14-17-20-30/h14,16-21,23,26,32,34-35,37H,12-13,15,22,24-25,27-29H2,1-11H3/t32?,34-,35-,37-/m1/s1. The van der Waals surface area contributed by atoms with Crippen molar-refractivity contribution in [2.45, 2.75) is 155 Å². The maximum atomic E-state index is 13.8. The van der Waals surface area contributed by atoms with Crippen molar-refractivity contribution in [2.75, 3.05) is 0 Å². The molecule has 0 bridgehead atoms. The van der Waals surface area contributed by atoms with Gasteiger partial charge < -0.3 is 13.6 Å². The van der Waals surface area contributed by atoms with Crippen molar-refractivity contribution in [2.24, 2.45) is 11.8 Å². The van der Waals surface area contributed by atoms with E-state index in [1.807, 2.05) is 24.3 Å². The molecule has 1 unspecified atom stereocenters. The third kappa shape index (κ3) is 10.9. The van der Waals surface area contributed by atoms with Gasteiger partial charge in [-0.05, 0) is 91.1 Å². The van der Waals surface area contributed by atoms with Crippen molar-refractivity contribution in [1.82, 2.24) is 0 Å². The van der Waals surface area contributed by atoms with Gasteiger partial charge >= 0.3 is 0 Å². The van der Waals surface area contributed by atoms with Crippen molar-refractivity contribution >= 4 is 22.4 Å². The van der Waals surface area contributed by atoms with Gasteiger partial charge in [0, 0.05) is 18.4 Å². The highest BCUT2D eigenvalue weighted by Crippen LogP contribution is 2.45. The van der Waals surface area contributed by atoms with Crippen molar-refractivity contribution in [3.8, 4) is 5.75 Å². The van der Waals surface area contributed by atoms with E-state index in [1.165, 1.54) is 19.3 Å². The van der Waals surface area contributed by atoms with Gasteiger partial charge in [0.15, 0.2) is 16.6 Å². The van der Waals surface area contributed by atoms with Gasteiger partial charge in [0.25, 0.3) is 0 Å². The molecule has 6 heteroatoms. The normalized spacial score (nSPS) is 20.4. The van der Waals surface area contributed by atoms with E-state index in [0.717, 1.165) is 42.6 Å². The molecule has 0 N–H and O–H groups in total. The Bertz CT molecular complexity index is 1200. The molecule has 2 aromatic carbocycles. The fourth-order valence-electron chi connectivity index (χ4n) is 5.95. The van der Waals surface area contributed by atoms with Gasteiger partial charge in [-0.15, -0.1) is 0 Å². The van der Waals surface area contributed by atoms with Gasteiger partial charge in [0.1, 0.15) is 18.1 Å². The number of ether oxygens (including phenoxy) is 1. The first-order chi connectivity index (χ1) is 20.9. The number of Topliss-reactive ketones (excluding diaryl/α,β-unsaturated/α-hetero) is 1. The first-order valence-electron chi connectivity index (χ1n) is 17.6. The van der Waals surface area contributed by atoms with E-state index in [2.05, 4.69) is 105 Å². The lowest BCUT2D eigenvalue weighted by molar-refractivity contribution is -0.121. The Balaban J connectivity index is 1.83. The van der Waals surface area contributed by atoms with Crippen LogP contribution in [0.1, 0.15) is 105 Å². The van der Waals surface area contributed by atoms with E-state index in [1.54, 1.807) is 0 Å².